The Bertz CT molecular complexity index is 966. The number of hydrogen-bond donors (Lipinski definition) is 1. The average Bonchev–Trinajstić information content (AvgIpc) is 3.37. The van der Waals surface area contributed by atoms with Crippen molar-refractivity contribution in [3.63, 3.8) is 0 Å². The zero-order valence-electron chi connectivity index (χ0n) is 15.9. The van der Waals surface area contributed by atoms with Crippen molar-refractivity contribution in [1.29, 1.82) is 0 Å². The van der Waals surface area contributed by atoms with E-state index in [1.54, 1.807) is 0 Å². The number of likely N-dealkylation sites (tertiary alicyclic amines) is 1. The molecule has 4 rings (SSSR count). The second-order valence-corrected chi connectivity index (χ2v) is 10.5. The highest BCUT2D eigenvalue weighted by Gasteiger charge is 2.31. The Balaban J connectivity index is 1.39. The molecule has 1 atom stereocenters. The van der Waals surface area contributed by atoms with E-state index in [-0.39, 0.29) is 11.8 Å². The number of aryl methyl sites for hydroxylation is 1. The third-order valence-electron chi connectivity index (χ3n) is 5.32. The van der Waals surface area contributed by atoms with E-state index in [0.717, 1.165) is 61.6 Å². The van der Waals surface area contributed by atoms with Crippen LogP contribution in [0.2, 0.25) is 0 Å². The zero-order valence-corrected chi connectivity index (χ0v) is 17.6. The van der Waals surface area contributed by atoms with E-state index >= 15 is 0 Å². The number of thiophene rings is 1. The molecular weight excluding hydrogens is 398 g/mol. The number of nitrogens with one attached hydrogen (secondary N) is 1. The highest BCUT2D eigenvalue weighted by Crippen LogP contribution is 2.30. The lowest BCUT2D eigenvalue weighted by Crippen LogP contribution is -2.39. The summed E-state index contributed by atoms with van der Waals surface area (Å²) >= 11 is 1.44. The number of aromatic nitrogens is 3. The first-order chi connectivity index (χ1) is 13.4. The predicted octanol–water partition coefficient (Wildman–Crippen LogP) is 1.40. The summed E-state index contributed by atoms with van der Waals surface area (Å²) < 4.78 is 27.0. The van der Waals surface area contributed by atoms with Gasteiger partial charge in [-0.2, -0.15) is 0 Å². The summed E-state index contributed by atoms with van der Waals surface area (Å²) in [6.45, 7) is 2.77. The van der Waals surface area contributed by atoms with E-state index in [1.165, 1.54) is 11.3 Å². The maximum atomic E-state index is 13.0. The number of fused-ring (bicyclic) bond motifs is 1. The van der Waals surface area contributed by atoms with Gasteiger partial charge in [0.1, 0.15) is 11.6 Å². The van der Waals surface area contributed by atoms with Gasteiger partial charge in [-0.1, -0.05) is 0 Å². The molecule has 0 aliphatic carbocycles. The van der Waals surface area contributed by atoms with Crippen LogP contribution < -0.4 is 4.72 Å². The molecule has 152 valence electrons. The third kappa shape index (κ3) is 4.28. The maximum Gasteiger partial charge on any atom is 0.263 e. The van der Waals surface area contributed by atoms with Crippen LogP contribution in [0.25, 0.3) is 0 Å². The first-order valence-corrected chi connectivity index (χ1v) is 12.4. The largest absolute Gasteiger partial charge is 0.337 e. The fraction of sp³-hybridized carbons (Fsp3) is 0.611. The monoisotopic (exact) mass is 423 g/mol. The van der Waals surface area contributed by atoms with Crippen molar-refractivity contribution in [2.24, 2.45) is 0 Å². The van der Waals surface area contributed by atoms with Crippen LogP contribution in [0.4, 0.5) is 0 Å². The van der Waals surface area contributed by atoms with E-state index in [2.05, 4.69) is 19.5 Å². The quantitative estimate of drug-likeness (QED) is 0.757. The van der Waals surface area contributed by atoms with Crippen LogP contribution in [0, 0.1) is 0 Å². The van der Waals surface area contributed by atoms with Crippen molar-refractivity contribution in [2.45, 2.75) is 44.6 Å². The van der Waals surface area contributed by atoms with Crippen molar-refractivity contribution in [1.82, 2.24) is 24.4 Å². The highest BCUT2D eigenvalue weighted by molar-refractivity contribution is 7.88. The van der Waals surface area contributed by atoms with Crippen LogP contribution in [-0.2, 0) is 29.4 Å². The molecule has 0 aromatic carbocycles. The Morgan fingerprint density at radius 1 is 1.29 bits per heavy atom. The van der Waals surface area contributed by atoms with Crippen molar-refractivity contribution < 1.29 is 13.2 Å². The summed E-state index contributed by atoms with van der Waals surface area (Å²) in [6, 6.07) is 3.76. The highest BCUT2D eigenvalue weighted by atomic mass is 32.2. The molecule has 1 N–H and O–H groups in total. The Morgan fingerprint density at radius 3 is 2.96 bits per heavy atom. The molecule has 1 fully saturated rings. The summed E-state index contributed by atoms with van der Waals surface area (Å²) in [4.78, 5) is 16.6. The molecule has 0 unspecified atom stereocenters. The fourth-order valence-corrected chi connectivity index (χ4v) is 5.44. The number of amides is 1. The van der Waals surface area contributed by atoms with E-state index in [1.807, 2.05) is 17.0 Å². The SMILES string of the molecule is CS(=O)(=O)NCCc1ccc(C(=O)N2CCC[C@H](c3nnc4n3CCC4)C2)s1. The molecule has 2 aromatic heterocycles. The van der Waals surface area contributed by atoms with Crippen molar-refractivity contribution in [2.75, 3.05) is 25.9 Å². The molecular formula is C18H25N5O3S2. The summed E-state index contributed by atoms with van der Waals surface area (Å²) in [6.07, 6.45) is 5.85. The minimum absolute atomic E-state index is 0.0539. The summed E-state index contributed by atoms with van der Waals surface area (Å²) in [5.41, 5.74) is 0. The smallest absolute Gasteiger partial charge is 0.263 e. The van der Waals surface area contributed by atoms with Crippen LogP contribution >= 0.6 is 11.3 Å². The van der Waals surface area contributed by atoms with Crippen LogP contribution in [0.15, 0.2) is 12.1 Å². The molecule has 10 heteroatoms. The van der Waals surface area contributed by atoms with Gasteiger partial charge in [0.15, 0.2) is 0 Å². The van der Waals surface area contributed by atoms with Gasteiger partial charge in [-0.3, -0.25) is 4.79 Å². The number of carbonyl (C=O) groups excluding carboxylic acids is 1. The lowest BCUT2D eigenvalue weighted by molar-refractivity contribution is 0.0708. The minimum Gasteiger partial charge on any atom is -0.337 e. The fourth-order valence-electron chi connectivity index (χ4n) is 3.99. The normalized spacial score (nSPS) is 19.8. The number of sulfonamides is 1. The molecule has 4 heterocycles. The summed E-state index contributed by atoms with van der Waals surface area (Å²) in [7, 11) is -3.19. The lowest BCUT2D eigenvalue weighted by atomic mass is 9.97. The van der Waals surface area contributed by atoms with E-state index in [9.17, 15) is 13.2 Å². The topological polar surface area (TPSA) is 97.2 Å². The molecule has 1 saturated heterocycles. The molecule has 0 radical (unpaired) electrons. The van der Waals surface area contributed by atoms with Gasteiger partial charge in [-0.15, -0.1) is 21.5 Å². The van der Waals surface area contributed by atoms with Crippen LogP contribution in [0.3, 0.4) is 0 Å². The van der Waals surface area contributed by atoms with Gasteiger partial charge >= 0.3 is 0 Å². The Morgan fingerprint density at radius 2 is 2.14 bits per heavy atom. The first kappa shape index (κ1) is 19.5. The van der Waals surface area contributed by atoms with E-state index in [0.29, 0.717) is 24.4 Å². The number of hydrogen-bond acceptors (Lipinski definition) is 6. The first-order valence-electron chi connectivity index (χ1n) is 9.65. The van der Waals surface area contributed by atoms with Crippen LogP contribution in [0.1, 0.15) is 51.4 Å². The maximum absolute atomic E-state index is 13.0. The second kappa shape index (κ2) is 7.92. The minimum atomic E-state index is -3.19. The van der Waals surface area contributed by atoms with Gasteiger partial charge in [0.2, 0.25) is 10.0 Å². The van der Waals surface area contributed by atoms with Crippen molar-refractivity contribution >= 4 is 27.3 Å². The molecule has 0 saturated carbocycles. The molecule has 0 spiro atoms. The van der Waals surface area contributed by atoms with E-state index < -0.39 is 10.0 Å². The van der Waals surface area contributed by atoms with Gasteiger partial charge in [0.25, 0.3) is 5.91 Å². The number of piperidine rings is 1. The van der Waals surface area contributed by atoms with Crippen LogP contribution in [0.5, 0.6) is 0 Å². The molecule has 28 heavy (non-hydrogen) atoms. The summed E-state index contributed by atoms with van der Waals surface area (Å²) in [5, 5.41) is 8.72. The van der Waals surface area contributed by atoms with E-state index in [4.69, 9.17) is 0 Å². The molecule has 0 bridgehead atoms. The molecule has 1 amide bonds. The third-order valence-corrected chi connectivity index (χ3v) is 7.18. The zero-order chi connectivity index (χ0) is 19.7. The van der Waals surface area contributed by atoms with Crippen molar-refractivity contribution in [3.8, 4) is 0 Å². The second-order valence-electron chi connectivity index (χ2n) is 7.50. The number of carbonyl (C=O) groups is 1. The van der Waals surface area contributed by atoms with Gasteiger partial charge in [-0.05, 0) is 37.8 Å². The van der Waals surface area contributed by atoms with Gasteiger partial charge in [-0.25, -0.2) is 13.1 Å². The number of rotatable bonds is 6. The molecule has 8 nitrogen and oxygen atoms in total. The molecule has 2 aliphatic heterocycles. The number of nitrogens with zero attached hydrogens (tertiary/aromatic N) is 4. The van der Waals surface area contributed by atoms with Gasteiger partial charge in [0.05, 0.1) is 11.1 Å². The predicted molar refractivity (Wildman–Crippen MR) is 107 cm³/mol. The summed E-state index contributed by atoms with van der Waals surface area (Å²) in [5.74, 6) is 2.40. The molecule has 2 aromatic rings. The lowest BCUT2D eigenvalue weighted by Gasteiger charge is -2.32. The van der Waals surface area contributed by atoms with Crippen LogP contribution in [-0.4, -0.2) is 59.9 Å². The van der Waals surface area contributed by atoms with Gasteiger partial charge < -0.3 is 9.47 Å². The standard InChI is InChI=1S/C18H25N5O3S2/c1-28(25,26)19-9-8-14-6-7-15(27-14)18(24)22-10-2-4-13(12-22)17-21-20-16-5-3-11-23(16)17/h6-7,13,19H,2-5,8-12H2,1H3/t13-/m0/s1. The Hall–Kier alpha value is -1.78. The Labute approximate surface area is 169 Å². The van der Waals surface area contributed by atoms with Gasteiger partial charge in [0, 0.05) is 43.4 Å². The Kier molecular flexibility index (Phi) is 5.52. The molecule has 2 aliphatic rings. The average molecular weight is 424 g/mol. The van der Waals surface area contributed by atoms with Crippen molar-refractivity contribution in [3.05, 3.63) is 33.5 Å².